The highest BCUT2D eigenvalue weighted by Crippen LogP contribution is 2.25. The number of nitrogens with zero attached hydrogens (tertiary/aromatic N) is 2. The van der Waals surface area contributed by atoms with Crippen LogP contribution in [0.25, 0.3) is 16.6 Å². The Morgan fingerprint density at radius 1 is 1.05 bits per heavy atom. The van der Waals surface area contributed by atoms with Gasteiger partial charge < -0.3 is 0 Å². The molecule has 0 atom stereocenters. The van der Waals surface area contributed by atoms with Crippen LogP contribution in [0.15, 0.2) is 58.5 Å². The van der Waals surface area contributed by atoms with Crippen LogP contribution in [0.4, 0.5) is 0 Å². The van der Waals surface area contributed by atoms with Crippen LogP contribution >= 0.6 is 11.8 Å². The second kappa shape index (κ2) is 5.97. The summed E-state index contributed by atoms with van der Waals surface area (Å²) in [4.78, 5) is 17.7. The first-order valence-corrected chi connectivity index (χ1v) is 8.51. The zero-order chi connectivity index (χ0) is 15.7. The molecule has 0 aliphatic rings. The third-order valence-corrected chi connectivity index (χ3v) is 4.37. The number of rotatable bonds is 3. The van der Waals surface area contributed by atoms with Crippen LogP contribution in [0.3, 0.4) is 0 Å². The molecule has 3 nitrogen and oxygen atoms in total. The van der Waals surface area contributed by atoms with Gasteiger partial charge in [-0.1, -0.05) is 55.9 Å². The fourth-order valence-corrected chi connectivity index (χ4v) is 3.19. The minimum Gasteiger partial charge on any atom is -0.268 e. The molecule has 112 valence electrons. The molecule has 3 rings (SSSR count). The molecule has 0 aliphatic carbocycles. The third kappa shape index (κ3) is 2.44. The highest BCUT2D eigenvalue weighted by atomic mass is 32.2. The van der Waals surface area contributed by atoms with E-state index >= 15 is 0 Å². The summed E-state index contributed by atoms with van der Waals surface area (Å²) in [6.45, 7) is 4.27. The molecule has 0 amide bonds. The Morgan fingerprint density at radius 3 is 2.45 bits per heavy atom. The normalized spacial score (nSPS) is 11.3. The molecular weight excluding hydrogens is 292 g/mol. The molecule has 0 unspecified atom stereocenters. The van der Waals surface area contributed by atoms with Crippen LogP contribution in [-0.2, 0) is 0 Å². The van der Waals surface area contributed by atoms with E-state index in [-0.39, 0.29) is 5.56 Å². The third-order valence-electron chi connectivity index (χ3n) is 3.73. The Hall–Kier alpha value is -2.07. The molecule has 0 fully saturated rings. The fraction of sp³-hybridized carbons (Fsp3) is 0.222. The molecule has 0 aliphatic heterocycles. The summed E-state index contributed by atoms with van der Waals surface area (Å²) in [6, 6.07) is 15.6. The van der Waals surface area contributed by atoms with Crippen LogP contribution < -0.4 is 5.56 Å². The first kappa shape index (κ1) is 14.9. The van der Waals surface area contributed by atoms with Crippen molar-refractivity contribution in [2.24, 2.45) is 0 Å². The van der Waals surface area contributed by atoms with E-state index in [1.54, 1.807) is 4.57 Å². The number of para-hydroxylation sites is 2. The van der Waals surface area contributed by atoms with Gasteiger partial charge in [-0.15, -0.1) is 0 Å². The van der Waals surface area contributed by atoms with Gasteiger partial charge in [0.1, 0.15) is 0 Å². The zero-order valence-electron chi connectivity index (χ0n) is 12.9. The number of thioether (sulfide) groups is 1. The van der Waals surface area contributed by atoms with Crippen molar-refractivity contribution >= 4 is 22.7 Å². The quantitative estimate of drug-likeness (QED) is 0.536. The SMILES string of the molecule is CSc1nc2ccccc2c(=O)n1-c1ccccc1C(C)C. The molecule has 2 aromatic carbocycles. The van der Waals surface area contributed by atoms with Crippen molar-refractivity contribution in [2.45, 2.75) is 24.9 Å². The fourth-order valence-electron chi connectivity index (χ4n) is 2.64. The van der Waals surface area contributed by atoms with E-state index in [4.69, 9.17) is 0 Å². The lowest BCUT2D eigenvalue weighted by atomic mass is 10.0. The molecule has 0 bridgehead atoms. The predicted octanol–water partition coefficient (Wildman–Crippen LogP) is 4.23. The molecule has 0 saturated carbocycles. The Balaban J connectivity index is 2.41. The standard InChI is InChI=1S/C18H18N2OS/c1-12(2)13-8-5-7-11-16(13)20-17(21)14-9-4-6-10-15(14)19-18(20)22-3/h4-12H,1-3H3. The van der Waals surface area contributed by atoms with E-state index in [0.29, 0.717) is 11.3 Å². The van der Waals surface area contributed by atoms with Gasteiger partial charge in [0.25, 0.3) is 5.56 Å². The van der Waals surface area contributed by atoms with Crippen LogP contribution in [0.5, 0.6) is 0 Å². The minimum absolute atomic E-state index is 0.0111. The van der Waals surface area contributed by atoms with Gasteiger partial charge >= 0.3 is 0 Å². The van der Waals surface area contributed by atoms with Crippen molar-refractivity contribution in [3.8, 4) is 5.69 Å². The van der Waals surface area contributed by atoms with Gasteiger partial charge in [-0.2, -0.15) is 0 Å². The summed E-state index contributed by atoms with van der Waals surface area (Å²) >= 11 is 1.49. The Labute approximate surface area is 134 Å². The van der Waals surface area contributed by atoms with Gasteiger partial charge in [0.2, 0.25) is 0 Å². The lowest BCUT2D eigenvalue weighted by Gasteiger charge is -2.17. The molecule has 4 heteroatoms. The maximum atomic E-state index is 13.0. The summed E-state index contributed by atoms with van der Waals surface area (Å²) in [6.07, 6.45) is 1.95. The van der Waals surface area contributed by atoms with Gasteiger partial charge in [0.05, 0.1) is 16.6 Å². The second-order valence-corrected chi connectivity index (χ2v) is 6.24. The molecule has 22 heavy (non-hydrogen) atoms. The van der Waals surface area contributed by atoms with Crippen LogP contribution in [0.2, 0.25) is 0 Å². The summed E-state index contributed by atoms with van der Waals surface area (Å²) in [5.41, 5.74) is 2.81. The van der Waals surface area contributed by atoms with E-state index < -0.39 is 0 Å². The number of hydrogen-bond acceptors (Lipinski definition) is 3. The van der Waals surface area contributed by atoms with E-state index in [2.05, 4.69) is 24.9 Å². The maximum absolute atomic E-state index is 13.0. The van der Waals surface area contributed by atoms with Crippen LogP contribution in [0, 0.1) is 0 Å². The molecular formula is C18H18N2OS. The lowest BCUT2D eigenvalue weighted by molar-refractivity contribution is 0.781. The van der Waals surface area contributed by atoms with E-state index in [0.717, 1.165) is 21.9 Å². The monoisotopic (exact) mass is 310 g/mol. The van der Waals surface area contributed by atoms with Gasteiger partial charge in [-0.25, -0.2) is 4.98 Å². The average Bonchev–Trinajstić information content (AvgIpc) is 2.54. The smallest absolute Gasteiger partial charge is 0.266 e. The molecule has 3 aromatic rings. The number of benzene rings is 2. The number of aromatic nitrogens is 2. The van der Waals surface area contributed by atoms with Gasteiger partial charge in [-0.3, -0.25) is 9.36 Å². The lowest BCUT2D eigenvalue weighted by Crippen LogP contribution is -2.22. The van der Waals surface area contributed by atoms with E-state index in [1.165, 1.54) is 11.8 Å². The van der Waals surface area contributed by atoms with E-state index in [9.17, 15) is 4.79 Å². The summed E-state index contributed by atoms with van der Waals surface area (Å²) in [5.74, 6) is 0.337. The van der Waals surface area contributed by atoms with Gasteiger partial charge in [-0.05, 0) is 35.9 Å². The molecule has 0 spiro atoms. The molecule has 1 aromatic heterocycles. The van der Waals surface area contributed by atoms with Crippen molar-refractivity contribution in [3.05, 3.63) is 64.4 Å². The Morgan fingerprint density at radius 2 is 1.73 bits per heavy atom. The average molecular weight is 310 g/mol. The highest BCUT2D eigenvalue weighted by Gasteiger charge is 2.15. The van der Waals surface area contributed by atoms with Crippen molar-refractivity contribution in [2.75, 3.05) is 6.26 Å². The Kier molecular flexibility index (Phi) is 4.03. The van der Waals surface area contributed by atoms with E-state index in [1.807, 2.05) is 48.7 Å². The van der Waals surface area contributed by atoms with Crippen LogP contribution in [-0.4, -0.2) is 15.8 Å². The highest BCUT2D eigenvalue weighted by molar-refractivity contribution is 7.98. The van der Waals surface area contributed by atoms with Crippen molar-refractivity contribution in [1.82, 2.24) is 9.55 Å². The molecule has 1 heterocycles. The summed E-state index contributed by atoms with van der Waals surface area (Å²) in [5, 5.41) is 1.37. The van der Waals surface area contributed by atoms with Gasteiger partial charge in [0, 0.05) is 0 Å². The van der Waals surface area contributed by atoms with Crippen LogP contribution in [0.1, 0.15) is 25.3 Å². The molecule has 0 saturated heterocycles. The van der Waals surface area contributed by atoms with Crippen molar-refractivity contribution in [3.63, 3.8) is 0 Å². The molecule has 0 N–H and O–H groups in total. The minimum atomic E-state index is -0.0111. The predicted molar refractivity (Wildman–Crippen MR) is 93.2 cm³/mol. The topological polar surface area (TPSA) is 34.9 Å². The van der Waals surface area contributed by atoms with Gasteiger partial charge in [0.15, 0.2) is 5.16 Å². The number of fused-ring (bicyclic) bond motifs is 1. The first-order chi connectivity index (χ1) is 10.6. The zero-order valence-corrected chi connectivity index (χ0v) is 13.7. The Bertz CT molecular complexity index is 884. The molecule has 0 radical (unpaired) electrons. The first-order valence-electron chi connectivity index (χ1n) is 7.28. The largest absolute Gasteiger partial charge is 0.268 e. The van der Waals surface area contributed by atoms with Crippen molar-refractivity contribution in [1.29, 1.82) is 0 Å². The summed E-state index contributed by atoms with van der Waals surface area (Å²) in [7, 11) is 0. The maximum Gasteiger partial charge on any atom is 0.266 e. The number of hydrogen-bond donors (Lipinski definition) is 0. The summed E-state index contributed by atoms with van der Waals surface area (Å²) < 4.78 is 1.74. The second-order valence-electron chi connectivity index (χ2n) is 5.47. The van der Waals surface area contributed by atoms with Crippen molar-refractivity contribution < 1.29 is 0 Å².